The van der Waals surface area contributed by atoms with Crippen molar-refractivity contribution < 1.29 is 14.6 Å². The lowest BCUT2D eigenvalue weighted by atomic mass is 10.1. The maximum atomic E-state index is 12.4. The molecule has 0 aliphatic carbocycles. The Hall–Kier alpha value is -2.39. The highest BCUT2D eigenvalue weighted by Crippen LogP contribution is 2.07. The van der Waals surface area contributed by atoms with Gasteiger partial charge in [-0.1, -0.05) is 39.5 Å². The van der Waals surface area contributed by atoms with Crippen LogP contribution in [0, 0.1) is 33.9 Å². The molecule has 0 rings (SSSR count). The van der Waals surface area contributed by atoms with Crippen molar-refractivity contribution in [3.05, 3.63) is 16.7 Å². The molecular formula is C18H35N6O4. The van der Waals surface area contributed by atoms with E-state index >= 15 is 0 Å². The van der Waals surface area contributed by atoms with Gasteiger partial charge >= 0.3 is 0 Å². The van der Waals surface area contributed by atoms with Crippen LogP contribution in [0.3, 0.4) is 0 Å². The molecule has 0 saturated carbocycles. The van der Waals surface area contributed by atoms with E-state index in [2.05, 4.69) is 29.8 Å². The first-order valence-electron chi connectivity index (χ1n) is 9.76. The second-order valence-corrected chi connectivity index (χ2v) is 7.56. The number of hydrogen-bond acceptors (Lipinski definition) is 5. The molecule has 0 fully saturated rings. The Labute approximate surface area is 167 Å². The van der Waals surface area contributed by atoms with E-state index in [0.717, 1.165) is 19.3 Å². The molecular weight excluding hydrogens is 364 g/mol. The number of rotatable bonds is 14. The van der Waals surface area contributed by atoms with Gasteiger partial charge in [0.2, 0.25) is 11.8 Å². The SMILES string of the molecule is CC(C)C[CH]NC(=O)[C@H](CCCNC(=N)N[N+](=O)[O-])NC(=O)CCCC(C)C. The van der Waals surface area contributed by atoms with Gasteiger partial charge in [-0.2, -0.15) is 0 Å². The molecule has 0 spiro atoms. The molecule has 0 aromatic heterocycles. The summed E-state index contributed by atoms with van der Waals surface area (Å²) < 4.78 is 0. The lowest BCUT2D eigenvalue weighted by molar-refractivity contribution is -0.525. The molecule has 0 aliphatic rings. The molecule has 5 N–H and O–H groups in total. The van der Waals surface area contributed by atoms with E-state index in [0.29, 0.717) is 31.1 Å². The van der Waals surface area contributed by atoms with Gasteiger partial charge in [-0.15, -0.1) is 0 Å². The first-order chi connectivity index (χ1) is 13.1. The first kappa shape index (κ1) is 25.6. The lowest BCUT2D eigenvalue weighted by Gasteiger charge is -2.19. The summed E-state index contributed by atoms with van der Waals surface area (Å²) in [4.78, 5) is 34.8. The Morgan fingerprint density at radius 2 is 1.79 bits per heavy atom. The second kappa shape index (κ2) is 14.6. The highest BCUT2D eigenvalue weighted by molar-refractivity contribution is 5.87. The molecule has 161 valence electrons. The van der Waals surface area contributed by atoms with Crippen LogP contribution in [-0.4, -0.2) is 35.4 Å². The number of carbonyl (C=O) groups is 2. The van der Waals surface area contributed by atoms with Crippen LogP contribution in [0.5, 0.6) is 0 Å². The Morgan fingerprint density at radius 3 is 2.36 bits per heavy atom. The van der Waals surface area contributed by atoms with Crippen molar-refractivity contribution in [3.8, 4) is 0 Å². The zero-order chi connectivity index (χ0) is 21.5. The standard InChI is InChI=1S/C18H35N6O4/c1-13(2)7-5-9-16(25)22-15(17(26)20-12-10-14(3)4)8-6-11-21-18(19)23-24(27)28/h12-15H,5-11H2,1-4H3,(H,20,26)(H,22,25)(H3,19,21,23)/t15-/m0/s1. The van der Waals surface area contributed by atoms with Crippen LogP contribution in [0.4, 0.5) is 0 Å². The number of guanidine groups is 1. The van der Waals surface area contributed by atoms with E-state index in [1.54, 1.807) is 12.0 Å². The fraction of sp³-hybridized carbons (Fsp3) is 0.778. The fourth-order valence-electron chi connectivity index (χ4n) is 2.35. The van der Waals surface area contributed by atoms with Crippen molar-refractivity contribution in [2.75, 3.05) is 6.54 Å². The number of nitrogens with zero attached hydrogens (tertiary/aromatic N) is 1. The maximum Gasteiger partial charge on any atom is 0.251 e. The summed E-state index contributed by atoms with van der Waals surface area (Å²) in [5.74, 6) is 0.0612. The number of carbonyl (C=O) groups excluding carboxylic acids is 2. The molecule has 10 heteroatoms. The van der Waals surface area contributed by atoms with E-state index in [4.69, 9.17) is 5.41 Å². The summed E-state index contributed by atoms with van der Waals surface area (Å²) in [5, 5.41) is 24.8. The highest BCUT2D eigenvalue weighted by atomic mass is 16.7. The summed E-state index contributed by atoms with van der Waals surface area (Å²) in [6.45, 7) is 10.2. The fourth-order valence-corrected chi connectivity index (χ4v) is 2.35. The quantitative estimate of drug-likeness (QED) is 0.0986. The molecule has 0 aliphatic heterocycles. The van der Waals surface area contributed by atoms with Crippen LogP contribution >= 0.6 is 0 Å². The molecule has 28 heavy (non-hydrogen) atoms. The van der Waals surface area contributed by atoms with E-state index in [1.165, 1.54) is 0 Å². The Kier molecular flexibility index (Phi) is 13.4. The average Bonchev–Trinajstić information content (AvgIpc) is 2.56. The third-order valence-corrected chi connectivity index (χ3v) is 3.85. The second-order valence-electron chi connectivity index (χ2n) is 7.56. The average molecular weight is 400 g/mol. The van der Waals surface area contributed by atoms with Crippen LogP contribution in [0.15, 0.2) is 0 Å². The Bertz CT molecular complexity index is 510. The molecule has 0 saturated heterocycles. The lowest BCUT2D eigenvalue weighted by Crippen LogP contribution is -2.46. The van der Waals surface area contributed by atoms with Gasteiger partial charge in [-0.05, 0) is 37.5 Å². The molecule has 10 nitrogen and oxygen atoms in total. The van der Waals surface area contributed by atoms with E-state index in [1.807, 2.05) is 13.8 Å². The number of nitrogens with one attached hydrogen (secondary N) is 5. The van der Waals surface area contributed by atoms with E-state index in [-0.39, 0.29) is 18.4 Å². The predicted molar refractivity (Wildman–Crippen MR) is 108 cm³/mol. The van der Waals surface area contributed by atoms with Crippen LogP contribution < -0.4 is 21.4 Å². The summed E-state index contributed by atoms with van der Waals surface area (Å²) in [5.41, 5.74) is 1.70. The topological polar surface area (TPSA) is 149 Å². The van der Waals surface area contributed by atoms with E-state index < -0.39 is 17.0 Å². The van der Waals surface area contributed by atoms with Crippen molar-refractivity contribution in [1.82, 2.24) is 21.4 Å². The minimum absolute atomic E-state index is 0.166. The van der Waals surface area contributed by atoms with Crippen LogP contribution in [0.25, 0.3) is 0 Å². The van der Waals surface area contributed by atoms with Crippen LogP contribution in [0.2, 0.25) is 0 Å². The van der Waals surface area contributed by atoms with Crippen molar-refractivity contribution in [1.29, 1.82) is 5.41 Å². The smallest absolute Gasteiger partial charge is 0.251 e. The highest BCUT2D eigenvalue weighted by Gasteiger charge is 2.20. The van der Waals surface area contributed by atoms with Crippen molar-refractivity contribution in [3.63, 3.8) is 0 Å². The van der Waals surface area contributed by atoms with Crippen molar-refractivity contribution in [2.24, 2.45) is 11.8 Å². The third kappa shape index (κ3) is 14.7. The summed E-state index contributed by atoms with van der Waals surface area (Å²) in [6, 6.07) is -0.686. The van der Waals surface area contributed by atoms with Gasteiger partial charge in [0.15, 0.2) is 5.03 Å². The summed E-state index contributed by atoms with van der Waals surface area (Å²) in [6.07, 6.45) is 3.62. The third-order valence-electron chi connectivity index (χ3n) is 3.85. The molecule has 0 aromatic carbocycles. The normalized spacial score (nSPS) is 11.8. The monoisotopic (exact) mass is 399 g/mol. The minimum atomic E-state index is -0.826. The van der Waals surface area contributed by atoms with Gasteiger partial charge in [0.25, 0.3) is 5.96 Å². The number of hydrazine groups is 1. The largest absolute Gasteiger partial charge is 0.352 e. The molecule has 0 bridgehead atoms. The maximum absolute atomic E-state index is 12.4. The molecule has 2 amide bonds. The summed E-state index contributed by atoms with van der Waals surface area (Å²) in [7, 11) is 0. The van der Waals surface area contributed by atoms with E-state index in [9.17, 15) is 19.7 Å². The van der Waals surface area contributed by atoms with Gasteiger partial charge < -0.3 is 16.0 Å². The molecule has 0 heterocycles. The number of hydrogen-bond donors (Lipinski definition) is 5. The predicted octanol–water partition coefficient (Wildman–Crippen LogP) is 1.71. The van der Waals surface area contributed by atoms with Crippen molar-refractivity contribution >= 4 is 17.8 Å². The van der Waals surface area contributed by atoms with Crippen LogP contribution in [-0.2, 0) is 9.59 Å². The van der Waals surface area contributed by atoms with Crippen LogP contribution in [0.1, 0.15) is 66.2 Å². The first-order valence-corrected chi connectivity index (χ1v) is 9.76. The zero-order valence-electron chi connectivity index (χ0n) is 17.3. The molecule has 0 aromatic rings. The van der Waals surface area contributed by atoms with Crippen molar-refractivity contribution in [2.45, 2.75) is 72.3 Å². The van der Waals surface area contributed by atoms with Gasteiger partial charge in [0, 0.05) is 19.5 Å². The number of amides is 2. The Morgan fingerprint density at radius 1 is 1.11 bits per heavy atom. The Balaban J connectivity index is 4.49. The molecule has 0 unspecified atom stereocenters. The molecule has 1 atom stereocenters. The molecule has 1 radical (unpaired) electrons. The van der Waals surface area contributed by atoms with Gasteiger partial charge in [0.05, 0.1) is 0 Å². The summed E-state index contributed by atoms with van der Waals surface area (Å²) >= 11 is 0. The van der Waals surface area contributed by atoms with Gasteiger partial charge in [-0.25, -0.2) is 10.1 Å². The van der Waals surface area contributed by atoms with Gasteiger partial charge in [0.1, 0.15) is 6.04 Å². The zero-order valence-corrected chi connectivity index (χ0v) is 17.3. The minimum Gasteiger partial charge on any atom is -0.352 e. The van der Waals surface area contributed by atoms with Gasteiger partial charge in [-0.3, -0.25) is 15.0 Å². The number of nitro groups is 1.